The molecule has 1 fully saturated rings. The van der Waals surface area contributed by atoms with Gasteiger partial charge in [-0.25, -0.2) is 4.79 Å². The summed E-state index contributed by atoms with van der Waals surface area (Å²) in [4.78, 5) is 24.3. The molecule has 2 atom stereocenters. The summed E-state index contributed by atoms with van der Waals surface area (Å²) in [5.41, 5.74) is 0. The normalized spacial score (nSPS) is 20.3. The number of hydrogen-bond acceptors (Lipinski definition) is 3. The Morgan fingerprint density at radius 2 is 2.37 bits per heavy atom. The van der Waals surface area contributed by atoms with Gasteiger partial charge >= 0.3 is 12.0 Å². The van der Waals surface area contributed by atoms with Gasteiger partial charge in [0.05, 0.1) is 12.5 Å². The quantitative estimate of drug-likeness (QED) is 0.825. The molecule has 0 saturated carbocycles. The van der Waals surface area contributed by atoms with E-state index in [9.17, 15) is 9.59 Å². The zero-order valence-electron chi connectivity index (χ0n) is 10.8. The van der Waals surface area contributed by atoms with Crippen molar-refractivity contribution in [2.75, 3.05) is 13.1 Å². The van der Waals surface area contributed by atoms with Crippen molar-refractivity contribution in [3.05, 3.63) is 18.5 Å². The maximum Gasteiger partial charge on any atom is 0.317 e. The molecule has 2 N–H and O–H groups in total. The number of carbonyl (C=O) groups is 2. The molecule has 0 aliphatic carbocycles. The topological polar surface area (TPSA) is 87.5 Å². The Morgan fingerprint density at radius 3 is 2.95 bits per heavy atom. The van der Waals surface area contributed by atoms with Crippen LogP contribution in [0.25, 0.3) is 0 Å². The van der Waals surface area contributed by atoms with Gasteiger partial charge in [-0.05, 0) is 19.4 Å². The first-order valence-corrected chi connectivity index (χ1v) is 6.32. The zero-order valence-corrected chi connectivity index (χ0v) is 10.8. The van der Waals surface area contributed by atoms with Gasteiger partial charge in [-0.1, -0.05) is 0 Å². The molecule has 2 heterocycles. The molecule has 1 saturated heterocycles. The van der Waals surface area contributed by atoms with E-state index in [-0.39, 0.29) is 18.6 Å². The third kappa shape index (κ3) is 3.46. The minimum Gasteiger partial charge on any atom is -0.481 e. The molecule has 0 spiro atoms. The predicted octanol–water partition coefficient (Wildman–Crippen LogP) is 0.388. The smallest absolute Gasteiger partial charge is 0.317 e. The Bertz CT molecular complexity index is 446. The number of likely N-dealkylation sites (tertiary alicyclic amines) is 1. The second-order valence-electron chi connectivity index (χ2n) is 4.85. The minimum atomic E-state index is -0.833. The van der Waals surface area contributed by atoms with Crippen LogP contribution >= 0.6 is 0 Å². The first kappa shape index (κ1) is 13.4. The highest BCUT2D eigenvalue weighted by Crippen LogP contribution is 2.16. The van der Waals surface area contributed by atoms with Crippen molar-refractivity contribution in [3.8, 4) is 0 Å². The summed E-state index contributed by atoms with van der Waals surface area (Å²) in [5.74, 6) is -1.27. The number of rotatable bonds is 4. The maximum absolute atomic E-state index is 11.9. The Morgan fingerprint density at radius 1 is 1.58 bits per heavy atom. The van der Waals surface area contributed by atoms with Crippen LogP contribution in [0.3, 0.4) is 0 Å². The number of amides is 2. The number of carboxylic acid groups (broad SMARTS) is 1. The zero-order chi connectivity index (χ0) is 13.8. The first-order chi connectivity index (χ1) is 9.06. The van der Waals surface area contributed by atoms with Gasteiger partial charge < -0.3 is 15.3 Å². The minimum absolute atomic E-state index is 0.0590. The van der Waals surface area contributed by atoms with Crippen LogP contribution in [0, 0.1) is 5.92 Å². The molecule has 104 valence electrons. The van der Waals surface area contributed by atoms with E-state index in [2.05, 4.69) is 10.4 Å². The summed E-state index contributed by atoms with van der Waals surface area (Å²) in [6.07, 6.45) is 4.04. The van der Waals surface area contributed by atoms with Crippen LogP contribution in [0.4, 0.5) is 4.79 Å². The molecule has 19 heavy (non-hydrogen) atoms. The Balaban J connectivity index is 1.79. The second kappa shape index (κ2) is 5.73. The third-order valence-corrected chi connectivity index (χ3v) is 3.21. The van der Waals surface area contributed by atoms with Crippen molar-refractivity contribution >= 4 is 12.0 Å². The molecule has 0 bridgehead atoms. The van der Waals surface area contributed by atoms with E-state index >= 15 is 0 Å². The molecule has 2 rings (SSSR count). The number of hydrogen-bond donors (Lipinski definition) is 2. The van der Waals surface area contributed by atoms with Gasteiger partial charge in [-0.2, -0.15) is 5.10 Å². The first-order valence-electron chi connectivity index (χ1n) is 6.32. The van der Waals surface area contributed by atoms with Crippen molar-refractivity contribution in [1.82, 2.24) is 20.0 Å². The standard InChI is InChI=1S/C12H18N4O3/c1-9(7-16-5-2-4-13-16)14-12(19)15-6-3-10(8-15)11(17)18/h2,4-5,9-10H,3,6-8H2,1H3,(H,14,19)(H,17,18). The van der Waals surface area contributed by atoms with Gasteiger partial charge in [0.1, 0.15) is 0 Å². The molecule has 2 amide bonds. The molecule has 1 aliphatic rings. The van der Waals surface area contributed by atoms with Gasteiger partial charge in [0.25, 0.3) is 0 Å². The average Bonchev–Trinajstić information content (AvgIpc) is 2.98. The highest BCUT2D eigenvalue weighted by molar-refractivity contribution is 5.77. The second-order valence-corrected chi connectivity index (χ2v) is 4.85. The average molecular weight is 266 g/mol. The number of urea groups is 1. The summed E-state index contributed by atoms with van der Waals surface area (Å²) in [5, 5.41) is 15.8. The van der Waals surface area contributed by atoms with Crippen LogP contribution in [0.5, 0.6) is 0 Å². The van der Waals surface area contributed by atoms with E-state index in [1.54, 1.807) is 15.8 Å². The van der Waals surface area contributed by atoms with Gasteiger partial charge in [0.2, 0.25) is 0 Å². The molecule has 1 aliphatic heterocycles. The molecule has 0 aromatic carbocycles. The summed E-state index contributed by atoms with van der Waals surface area (Å²) < 4.78 is 1.75. The van der Waals surface area contributed by atoms with Crippen molar-refractivity contribution in [2.24, 2.45) is 5.92 Å². The molecule has 0 radical (unpaired) electrons. The molecule has 2 unspecified atom stereocenters. The van der Waals surface area contributed by atoms with E-state index in [0.29, 0.717) is 19.5 Å². The molecule has 7 nitrogen and oxygen atoms in total. The number of aliphatic carboxylic acids is 1. The van der Waals surface area contributed by atoms with E-state index in [1.807, 2.05) is 19.2 Å². The van der Waals surface area contributed by atoms with Crippen LogP contribution < -0.4 is 5.32 Å². The van der Waals surface area contributed by atoms with E-state index < -0.39 is 11.9 Å². The lowest BCUT2D eigenvalue weighted by molar-refractivity contribution is -0.141. The molecule has 1 aromatic heterocycles. The molecular formula is C12H18N4O3. The van der Waals surface area contributed by atoms with Crippen molar-refractivity contribution in [3.63, 3.8) is 0 Å². The SMILES string of the molecule is CC(Cn1cccn1)NC(=O)N1CCC(C(=O)O)C1. The number of nitrogens with one attached hydrogen (secondary N) is 1. The summed E-state index contributed by atoms with van der Waals surface area (Å²) >= 11 is 0. The van der Waals surface area contributed by atoms with E-state index in [4.69, 9.17) is 5.11 Å². The molecule has 7 heteroatoms. The Labute approximate surface area is 111 Å². The van der Waals surface area contributed by atoms with Gasteiger partial charge in [0, 0.05) is 31.5 Å². The summed E-state index contributed by atoms with van der Waals surface area (Å²) in [6, 6.07) is 1.56. The van der Waals surface area contributed by atoms with E-state index in [0.717, 1.165) is 0 Å². The van der Waals surface area contributed by atoms with Crippen LogP contribution in [0.1, 0.15) is 13.3 Å². The highest BCUT2D eigenvalue weighted by Gasteiger charge is 2.31. The van der Waals surface area contributed by atoms with Gasteiger partial charge in [-0.3, -0.25) is 9.48 Å². The lowest BCUT2D eigenvalue weighted by Crippen LogP contribution is -2.44. The Hall–Kier alpha value is -2.05. The largest absolute Gasteiger partial charge is 0.481 e. The van der Waals surface area contributed by atoms with Crippen LogP contribution in [-0.2, 0) is 11.3 Å². The monoisotopic (exact) mass is 266 g/mol. The lowest BCUT2D eigenvalue weighted by atomic mass is 10.1. The van der Waals surface area contributed by atoms with Crippen LogP contribution in [0.2, 0.25) is 0 Å². The molecule has 1 aromatic rings. The van der Waals surface area contributed by atoms with Crippen molar-refractivity contribution in [1.29, 1.82) is 0 Å². The fourth-order valence-electron chi connectivity index (χ4n) is 2.18. The van der Waals surface area contributed by atoms with Crippen molar-refractivity contribution in [2.45, 2.75) is 25.9 Å². The van der Waals surface area contributed by atoms with Crippen LogP contribution in [0.15, 0.2) is 18.5 Å². The van der Waals surface area contributed by atoms with Gasteiger partial charge in [-0.15, -0.1) is 0 Å². The number of nitrogens with zero attached hydrogens (tertiary/aromatic N) is 3. The highest BCUT2D eigenvalue weighted by atomic mass is 16.4. The van der Waals surface area contributed by atoms with Crippen LogP contribution in [-0.4, -0.2) is 50.9 Å². The van der Waals surface area contributed by atoms with Gasteiger partial charge in [0.15, 0.2) is 0 Å². The fourth-order valence-corrected chi connectivity index (χ4v) is 2.18. The third-order valence-electron chi connectivity index (χ3n) is 3.21. The fraction of sp³-hybridized carbons (Fsp3) is 0.583. The number of carboxylic acids is 1. The summed E-state index contributed by atoms with van der Waals surface area (Å²) in [6.45, 7) is 3.27. The number of carbonyl (C=O) groups excluding carboxylic acids is 1. The molecular weight excluding hydrogens is 248 g/mol. The van der Waals surface area contributed by atoms with Crippen molar-refractivity contribution < 1.29 is 14.7 Å². The summed E-state index contributed by atoms with van der Waals surface area (Å²) in [7, 11) is 0. The van der Waals surface area contributed by atoms with E-state index in [1.165, 1.54) is 0 Å². The lowest BCUT2D eigenvalue weighted by Gasteiger charge is -2.20. The Kier molecular flexibility index (Phi) is 4.03. The predicted molar refractivity (Wildman–Crippen MR) is 67.5 cm³/mol. The number of aromatic nitrogens is 2. The maximum atomic E-state index is 11.9.